The van der Waals surface area contributed by atoms with Crippen molar-refractivity contribution in [2.45, 2.75) is 17.9 Å². The lowest BCUT2D eigenvalue weighted by atomic mass is 10.1. The second-order valence-corrected chi connectivity index (χ2v) is 8.45. The van der Waals surface area contributed by atoms with Crippen molar-refractivity contribution in [1.82, 2.24) is 9.29 Å². The van der Waals surface area contributed by atoms with E-state index in [-0.39, 0.29) is 4.90 Å². The van der Waals surface area contributed by atoms with Gasteiger partial charge in [0, 0.05) is 40.3 Å². The highest BCUT2D eigenvalue weighted by Gasteiger charge is 2.30. The summed E-state index contributed by atoms with van der Waals surface area (Å²) in [5.74, 6) is 0. The van der Waals surface area contributed by atoms with Crippen molar-refractivity contribution in [2.24, 2.45) is 0 Å². The van der Waals surface area contributed by atoms with Gasteiger partial charge in [0.05, 0.1) is 4.90 Å². The van der Waals surface area contributed by atoms with Crippen molar-refractivity contribution in [1.29, 1.82) is 0 Å². The molecule has 21 heavy (non-hydrogen) atoms. The lowest BCUT2D eigenvalue weighted by Gasteiger charge is -2.27. The van der Waals surface area contributed by atoms with Crippen molar-refractivity contribution in [2.75, 3.05) is 6.54 Å². The molecule has 0 fully saturated rings. The summed E-state index contributed by atoms with van der Waals surface area (Å²) in [6.45, 7) is 0.815. The van der Waals surface area contributed by atoms with E-state index in [1.165, 1.54) is 4.31 Å². The van der Waals surface area contributed by atoms with E-state index < -0.39 is 10.0 Å². The molecule has 0 saturated heterocycles. The molecular formula is C14H12Br2N2O2S. The highest BCUT2D eigenvalue weighted by Crippen LogP contribution is 2.30. The number of nitrogens with zero attached hydrogens (tertiary/aromatic N) is 2. The normalized spacial score (nSPS) is 15.7. The van der Waals surface area contributed by atoms with E-state index in [9.17, 15) is 8.42 Å². The maximum Gasteiger partial charge on any atom is 0.244 e. The molecule has 110 valence electrons. The van der Waals surface area contributed by atoms with Crippen LogP contribution in [0.25, 0.3) is 0 Å². The van der Waals surface area contributed by atoms with Crippen LogP contribution >= 0.6 is 31.9 Å². The Morgan fingerprint density at radius 3 is 2.81 bits per heavy atom. The van der Waals surface area contributed by atoms with Crippen molar-refractivity contribution < 1.29 is 8.42 Å². The molecule has 0 atom stereocenters. The Kier molecular flexibility index (Phi) is 4.18. The monoisotopic (exact) mass is 430 g/mol. The average Bonchev–Trinajstić information content (AvgIpc) is 2.49. The van der Waals surface area contributed by atoms with Crippen molar-refractivity contribution in [3.63, 3.8) is 0 Å². The molecule has 0 amide bonds. The molecule has 0 aliphatic carbocycles. The standard InChI is InChI=1S/C14H12Br2N2O2S/c15-11-3-4-12(16)14(8-11)21(19,20)18-7-5-13-10(9-18)2-1-6-17-13/h1-4,6,8H,5,7,9H2. The number of rotatable bonds is 2. The summed E-state index contributed by atoms with van der Waals surface area (Å²) in [4.78, 5) is 4.58. The zero-order chi connectivity index (χ0) is 15.0. The van der Waals surface area contributed by atoms with Gasteiger partial charge >= 0.3 is 0 Å². The summed E-state index contributed by atoms with van der Waals surface area (Å²) >= 11 is 6.65. The number of hydrogen-bond acceptors (Lipinski definition) is 3. The van der Waals surface area contributed by atoms with Gasteiger partial charge in [0.2, 0.25) is 10.0 Å². The van der Waals surface area contributed by atoms with Gasteiger partial charge in [-0.15, -0.1) is 0 Å². The molecule has 1 aliphatic rings. The largest absolute Gasteiger partial charge is 0.261 e. The second kappa shape index (κ2) is 5.79. The van der Waals surface area contributed by atoms with Crippen LogP contribution in [0.15, 0.2) is 50.4 Å². The van der Waals surface area contributed by atoms with Gasteiger partial charge in [0.15, 0.2) is 0 Å². The van der Waals surface area contributed by atoms with Gasteiger partial charge in [-0.25, -0.2) is 8.42 Å². The molecule has 0 N–H and O–H groups in total. The van der Waals surface area contributed by atoms with Gasteiger partial charge in [-0.1, -0.05) is 22.0 Å². The van der Waals surface area contributed by atoms with E-state index >= 15 is 0 Å². The van der Waals surface area contributed by atoms with Crippen LogP contribution in [0.1, 0.15) is 11.3 Å². The second-order valence-electron chi connectivity index (χ2n) is 4.77. The van der Waals surface area contributed by atoms with Crippen LogP contribution in [-0.4, -0.2) is 24.3 Å². The number of hydrogen-bond donors (Lipinski definition) is 0. The summed E-state index contributed by atoms with van der Waals surface area (Å²) in [5, 5.41) is 0. The predicted molar refractivity (Wildman–Crippen MR) is 87.4 cm³/mol. The zero-order valence-corrected chi connectivity index (χ0v) is 14.9. The molecule has 1 aromatic heterocycles. The summed E-state index contributed by atoms with van der Waals surface area (Å²) in [6.07, 6.45) is 2.38. The van der Waals surface area contributed by atoms with Crippen LogP contribution in [0.4, 0.5) is 0 Å². The molecule has 0 bridgehead atoms. The summed E-state index contributed by atoms with van der Waals surface area (Å²) in [7, 11) is -3.53. The van der Waals surface area contributed by atoms with Crippen LogP contribution in [-0.2, 0) is 23.0 Å². The van der Waals surface area contributed by atoms with Crippen molar-refractivity contribution in [3.05, 3.63) is 56.7 Å². The van der Waals surface area contributed by atoms with Gasteiger partial charge in [-0.2, -0.15) is 4.31 Å². The maximum atomic E-state index is 12.8. The van der Waals surface area contributed by atoms with Crippen LogP contribution in [0.5, 0.6) is 0 Å². The van der Waals surface area contributed by atoms with Crippen molar-refractivity contribution >= 4 is 41.9 Å². The first-order valence-electron chi connectivity index (χ1n) is 6.36. The van der Waals surface area contributed by atoms with E-state index in [0.717, 1.165) is 15.7 Å². The molecule has 4 nitrogen and oxygen atoms in total. The van der Waals surface area contributed by atoms with E-state index in [0.29, 0.717) is 24.0 Å². The van der Waals surface area contributed by atoms with E-state index in [4.69, 9.17) is 0 Å². The molecule has 1 aromatic carbocycles. The Morgan fingerprint density at radius 1 is 1.19 bits per heavy atom. The summed E-state index contributed by atoms with van der Waals surface area (Å²) < 4.78 is 28.5. The van der Waals surface area contributed by atoms with E-state index in [2.05, 4.69) is 36.8 Å². The van der Waals surface area contributed by atoms with Gasteiger partial charge in [0.1, 0.15) is 0 Å². The lowest BCUT2D eigenvalue weighted by molar-refractivity contribution is 0.387. The number of benzene rings is 1. The maximum absolute atomic E-state index is 12.8. The average molecular weight is 432 g/mol. The van der Waals surface area contributed by atoms with Gasteiger partial charge in [-0.3, -0.25) is 4.98 Å². The third-order valence-electron chi connectivity index (χ3n) is 3.44. The van der Waals surface area contributed by atoms with Crippen LogP contribution in [0.2, 0.25) is 0 Å². The fourth-order valence-corrected chi connectivity index (χ4v) is 5.24. The third kappa shape index (κ3) is 2.92. The zero-order valence-electron chi connectivity index (χ0n) is 11.0. The quantitative estimate of drug-likeness (QED) is 0.732. The smallest absolute Gasteiger partial charge is 0.244 e. The molecule has 0 spiro atoms. The van der Waals surface area contributed by atoms with Crippen molar-refractivity contribution in [3.8, 4) is 0 Å². The highest BCUT2D eigenvalue weighted by atomic mass is 79.9. The molecule has 0 saturated carbocycles. The fraction of sp³-hybridized carbons (Fsp3) is 0.214. The Hall–Kier alpha value is -0.760. The third-order valence-corrected chi connectivity index (χ3v) is 6.77. The number of fused-ring (bicyclic) bond motifs is 1. The first-order chi connectivity index (χ1) is 9.98. The Morgan fingerprint density at radius 2 is 2.00 bits per heavy atom. The molecule has 2 heterocycles. The Bertz CT molecular complexity index is 793. The Labute approximate surface area is 140 Å². The summed E-state index contributed by atoms with van der Waals surface area (Å²) in [5.41, 5.74) is 1.95. The molecule has 3 rings (SSSR count). The topological polar surface area (TPSA) is 50.3 Å². The number of halogens is 2. The van der Waals surface area contributed by atoms with E-state index in [1.807, 2.05) is 12.1 Å². The van der Waals surface area contributed by atoms with Crippen LogP contribution in [0.3, 0.4) is 0 Å². The number of pyridine rings is 1. The molecule has 7 heteroatoms. The Balaban J connectivity index is 1.99. The lowest BCUT2D eigenvalue weighted by Crippen LogP contribution is -2.36. The van der Waals surface area contributed by atoms with Gasteiger partial charge < -0.3 is 0 Å². The predicted octanol–water partition coefficient (Wildman–Crippen LogP) is 3.35. The van der Waals surface area contributed by atoms with Gasteiger partial charge in [-0.05, 0) is 45.8 Å². The minimum absolute atomic E-state index is 0.282. The first kappa shape index (κ1) is 15.1. The number of aromatic nitrogens is 1. The molecule has 2 aromatic rings. The minimum Gasteiger partial charge on any atom is -0.261 e. The molecule has 0 radical (unpaired) electrons. The highest BCUT2D eigenvalue weighted by molar-refractivity contribution is 9.11. The molecule has 0 unspecified atom stereocenters. The van der Waals surface area contributed by atoms with Crippen LogP contribution < -0.4 is 0 Å². The molecular weight excluding hydrogens is 420 g/mol. The SMILES string of the molecule is O=S(=O)(c1cc(Br)ccc1Br)N1CCc2ncccc2C1. The summed E-state index contributed by atoms with van der Waals surface area (Å²) in [6, 6.07) is 8.93. The van der Waals surface area contributed by atoms with Gasteiger partial charge in [0.25, 0.3) is 0 Å². The first-order valence-corrected chi connectivity index (χ1v) is 9.39. The van der Waals surface area contributed by atoms with E-state index in [1.54, 1.807) is 24.4 Å². The number of sulfonamides is 1. The minimum atomic E-state index is -3.53. The fourth-order valence-electron chi connectivity index (χ4n) is 2.36. The molecule has 1 aliphatic heterocycles. The van der Waals surface area contributed by atoms with Crippen LogP contribution in [0, 0.1) is 0 Å².